The highest BCUT2D eigenvalue weighted by Gasteiger charge is 2.02. The Hall–Kier alpha value is 0.0900. The van der Waals surface area contributed by atoms with E-state index in [-0.39, 0.29) is 10.3 Å². The van der Waals surface area contributed by atoms with Gasteiger partial charge in [0.1, 0.15) is 0 Å². The fourth-order valence-electron chi connectivity index (χ4n) is 0.297. The second-order valence-corrected chi connectivity index (χ2v) is 3.12. The number of nitrogen functional groups attached to an aromatic ring is 1. The van der Waals surface area contributed by atoms with Crippen molar-refractivity contribution in [1.29, 1.82) is 0 Å². The molecule has 1 aromatic rings. The van der Waals surface area contributed by atoms with Gasteiger partial charge in [-0.2, -0.15) is 4.39 Å². The summed E-state index contributed by atoms with van der Waals surface area (Å²) in [6, 6.07) is 0. The van der Waals surface area contributed by atoms with Gasteiger partial charge in [0.2, 0.25) is 5.13 Å². The molecule has 8 heavy (non-hydrogen) atoms. The molecule has 2 N–H and O–H groups in total. The molecule has 0 spiro atoms. The molecule has 0 bridgehead atoms. The molecule has 0 atom stereocenters. The largest absolute Gasteiger partial charge is 0.375 e. The maximum Gasteiger partial charge on any atom is 0.211 e. The van der Waals surface area contributed by atoms with Crippen LogP contribution in [0.5, 0.6) is 0 Å². The number of nitrogens with two attached hydrogens (primary N) is 1. The molecule has 0 aromatic carbocycles. The number of anilines is 1. The number of halogens is 2. The molecule has 0 saturated carbocycles. The Morgan fingerprint density at radius 2 is 2.38 bits per heavy atom. The topological polar surface area (TPSA) is 38.9 Å². The van der Waals surface area contributed by atoms with Crippen LogP contribution in [0.3, 0.4) is 0 Å². The number of nitrogens with zero attached hydrogens (tertiary/aromatic N) is 1. The summed E-state index contributed by atoms with van der Waals surface area (Å²) < 4.78 is 12.6. The van der Waals surface area contributed by atoms with Crippen LogP contribution in [0.1, 0.15) is 0 Å². The van der Waals surface area contributed by atoms with Gasteiger partial charge in [-0.3, -0.25) is 0 Å². The number of hydrogen-bond donors (Lipinski definition) is 1. The minimum Gasteiger partial charge on any atom is -0.375 e. The summed E-state index contributed by atoms with van der Waals surface area (Å²) in [5, 5.41) is -0.0185. The van der Waals surface area contributed by atoms with Crippen molar-refractivity contribution < 1.29 is 4.39 Å². The summed E-state index contributed by atoms with van der Waals surface area (Å²) in [7, 11) is 0. The van der Waals surface area contributed by atoms with E-state index in [1.165, 1.54) is 0 Å². The van der Waals surface area contributed by atoms with Gasteiger partial charge >= 0.3 is 0 Å². The predicted molar refractivity (Wildman–Crippen MR) is 39.2 cm³/mol. The first-order chi connectivity index (χ1) is 3.70. The first kappa shape index (κ1) is 6.21. The van der Waals surface area contributed by atoms with Crippen LogP contribution in [0, 0.1) is 8.83 Å². The molecule has 0 radical (unpaired) electrons. The van der Waals surface area contributed by atoms with E-state index in [0.29, 0.717) is 3.70 Å². The lowest BCUT2D eigenvalue weighted by molar-refractivity contribution is 0.645. The summed E-state index contributed by atoms with van der Waals surface area (Å²) in [6.07, 6.45) is 0. The molecule has 1 rings (SSSR count). The van der Waals surface area contributed by atoms with Gasteiger partial charge in [-0.25, -0.2) is 4.98 Å². The lowest BCUT2D eigenvalue weighted by Crippen LogP contribution is -1.80. The summed E-state index contributed by atoms with van der Waals surface area (Å²) in [5.74, 6) is 0. The van der Waals surface area contributed by atoms with Crippen molar-refractivity contribution in [2.45, 2.75) is 0 Å². The minimum absolute atomic E-state index is 0.284. The van der Waals surface area contributed by atoms with Crippen molar-refractivity contribution in [2.75, 3.05) is 5.73 Å². The monoisotopic (exact) mass is 244 g/mol. The maximum atomic E-state index is 12.2. The van der Waals surface area contributed by atoms with Crippen molar-refractivity contribution >= 4 is 39.1 Å². The molecule has 0 aliphatic rings. The summed E-state index contributed by atoms with van der Waals surface area (Å²) in [6.45, 7) is 0. The highest BCUT2D eigenvalue weighted by molar-refractivity contribution is 14.1. The second kappa shape index (κ2) is 2.14. The Kier molecular flexibility index (Phi) is 1.66. The zero-order valence-corrected chi connectivity index (χ0v) is 6.66. The zero-order chi connectivity index (χ0) is 6.15. The van der Waals surface area contributed by atoms with Crippen LogP contribution in [0.2, 0.25) is 0 Å². The smallest absolute Gasteiger partial charge is 0.211 e. The number of aromatic nitrogens is 1. The van der Waals surface area contributed by atoms with E-state index < -0.39 is 0 Å². The van der Waals surface area contributed by atoms with Crippen LogP contribution in [-0.4, -0.2) is 4.98 Å². The molecular formula is C3H2FIN2S. The molecule has 5 heteroatoms. The number of hydrogen-bond acceptors (Lipinski definition) is 3. The molecule has 0 unspecified atom stereocenters. The number of rotatable bonds is 0. The number of thiazole rings is 1. The van der Waals surface area contributed by atoms with Gasteiger partial charge in [0.25, 0.3) is 0 Å². The van der Waals surface area contributed by atoms with Crippen LogP contribution in [-0.2, 0) is 0 Å². The van der Waals surface area contributed by atoms with Gasteiger partial charge in [-0.15, -0.1) is 0 Å². The Morgan fingerprint density at radius 1 is 1.75 bits per heavy atom. The van der Waals surface area contributed by atoms with Crippen molar-refractivity contribution in [3.8, 4) is 0 Å². The van der Waals surface area contributed by atoms with Gasteiger partial charge in [0.05, 0.1) is 0 Å². The van der Waals surface area contributed by atoms with E-state index in [1.807, 2.05) is 0 Å². The summed E-state index contributed by atoms with van der Waals surface area (Å²) in [5.41, 5.74) is 5.14. The fourth-order valence-corrected chi connectivity index (χ4v) is 1.50. The summed E-state index contributed by atoms with van der Waals surface area (Å²) >= 11 is 2.65. The van der Waals surface area contributed by atoms with Crippen LogP contribution in [0.4, 0.5) is 9.52 Å². The lowest BCUT2D eigenvalue weighted by atomic mass is 11.0. The molecule has 0 fully saturated rings. The Labute approximate surface area is 63.1 Å². The lowest BCUT2D eigenvalue weighted by Gasteiger charge is -1.70. The first-order valence-electron chi connectivity index (χ1n) is 1.77. The Bertz CT molecular complexity index is 180. The maximum absolute atomic E-state index is 12.2. The minimum atomic E-state index is -0.303. The molecule has 1 heterocycles. The van der Waals surface area contributed by atoms with E-state index in [2.05, 4.69) is 4.98 Å². The van der Waals surface area contributed by atoms with Crippen molar-refractivity contribution in [3.63, 3.8) is 0 Å². The van der Waals surface area contributed by atoms with Crippen molar-refractivity contribution in [3.05, 3.63) is 8.83 Å². The highest BCUT2D eigenvalue weighted by Crippen LogP contribution is 2.18. The molecule has 44 valence electrons. The Balaban J connectivity index is 3.14. The first-order valence-corrected chi connectivity index (χ1v) is 3.67. The van der Waals surface area contributed by atoms with Crippen LogP contribution in [0.25, 0.3) is 0 Å². The molecule has 2 nitrogen and oxygen atoms in total. The van der Waals surface area contributed by atoms with Crippen LogP contribution >= 0.6 is 33.9 Å². The van der Waals surface area contributed by atoms with E-state index in [9.17, 15) is 4.39 Å². The Morgan fingerprint density at radius 3 is 2.50 bits per heavy atom. The third-order valence-corrected chi connectivity index (χ3v) is 2.32. The SMILES string of the molecule is Nc1nc(I)c(F)s1. The molecule has 1 aromatic heterocycles. The molecular weight excluding hydrogens is 242 g/mol. The van der Waals surface area contributed by atoms with Crippen LogP contribution < -0.4 is 5.73 Å². The summed E-state index contributed by atoms with van der Waals surface area (Å²) in [4.78, 5) is 3.62. The van der Waals surface area contributed by atoms with Crippen molar-refractivity contribution in [1.82, 2.24) is 4.98 Å². The van der Waals surface area contributed by atoms with E-state index in [1.54, 1.807) is 22.6 Å². The molecule has 0 saturated heterocycles. The van der Waals surface area contributed by atoms with E-state index >= 15 is 0 Å². The third kappa shape index (κ3) is 1.08. The average Bonchev–Trinajstić information content (AvgIpc) is 1.85. The predicted octanol–water partition coefficient (Wildman–Crippen LogP) is 1.47. The standard InChI is InChI=1S/C3H2FIN2S/c4-1-2(5)7-3(6)8-1/h(H2,6,7). The van der Waals surface area contributed by atoms with Gasteiger partial charge in [-0.05, 0) is 22.6 Å². The third-order valence-electron chi connectivity index (χ3n) is 0.565. The van der Waals surface area contributed by atoms with Gasteiger partial charge in [-0.1, -0.05) is 11.3 Å². The van der Waals surface area contributed by atoms with Gasteiger partial charge in [0, 0.05) is 0 Å². The fraction of sp³-hybridized carbons (Fsp3) is 0. The van der Waals surface area contributed by atoms with E-state index in [4.69, 9.17) is 5.73 Å². The van der Waals surface area contributed by atoms with Crippen molar-refractivity contribution in [2.24, 2.45) is 0 Å². The van der Waals surface area contributed by atoms with E-state index in [0.717, 1.165) is 11.3 Å². The second-order valence-electron chi connectivity index (χ2n) is 1.12. The van der Waals surface area contributed by atoms with Crippen LogP contribution in [0.15, 0.2) is 0 Å². The van der Waals surface area contributed by atoms with Gasteiger partial charge < -0.3 is 5.73 Å². The zero-order valence-electron chi connectivity index (χ0n) is 3.69. The normalized spacial score (nSPS) is 9.75. The molecule has 0 aliphatic heterocycles. The average molecular weight is 244 g/mol. The quantitative estimate of drug-likeness (QED) is 0.702. The highest BCUT2D eigenvalue weighted by atomic mass is 127. The molecule has 0 amide bonds. The molecule has 0 aliphatic carbocycles. The van der Waals surface area contributed by atoms with Gasteiger partial charge in [0.15, 0.2) is 8.83 Å².